The number of benzene rings is 1. The number of aromatic hydroxyl groups is 1. The Bertz CT molecular complexity index is 715. The number of halogens is 1. The summed E-state index contributed by atoms with van der Waals surface area (Å²) in [6, 6.07) is 2.03. The molecule has 1 aromatic carbocycles. The van der Waals surface area contributed by atoms with Crippen LogP contribution in [-0.2, 0) is 9.53 Å². The molecule has 2 rings (SSSR count). The van der Waals surface area contributed by atoms with E-state index in [-0.39, 0.29) is 23.0 Å². The molecule has 1 aliphatic rings. The van der Waals surface area contributed by atoms with Crippen molar-refractivity contribution in [2.45, 2.75) is 19.9 Å². The highest BCUT2D eigenvalue weighted by Crippen LogP contribution is 2.42. The number of allylic oxidation sites excluding steroid dienone is 1. The first-order valence-corrected chi connectivity index (χ1v) is 8.06. The fraction of sp³-hybridized carbons (Fsp3) is 0.375. The lowest BCUT2D eigenvalue weighted by molar-refractivity contribution is -0.136. The van der Waals surface area contributed by atoms with Gasteiger partial charge in [0.15, 0.2) is 11.5 Å². The number of carbonyl (C=O) groups excluding carboxylic acids is 2. The molecule has 24 heavy (non-hydrogen) atoms. The number of urea groups is 1. The van der Waals surface area contributed by atoms with Crippen LogP contribution in [0, 0.1) is 5.92 Å². The summed E-state index contributed by atoms with van der Waals surface area (Å²) in [5.74, 6) is -0.492. The van der Waals surface area contributed by atoms with Crippen LogP contribution in [0.3, 0.4) is 0 Å². The molecule has 0 aliphatic carbocycles. The van der Waals surface area contributed by atoms with Gasteiger partial charge in [0, 0.05) is 5.70 Å². The van der Waals surface area contributed by atoms with Crippen molar-refractivity contribution < 1.29 is 24.2 Å². The molecule has 1 unspecified atom stereocenters. The van der Waals surface area contributed by atoms with E-state index >= 15 is 0 Å². The third kappa shape index (κ3) is 3.19. The van der Waals surface area contributed by atoms with E-state index in [2.05, 4.69) is 26.6 Å². The van der Waals surface area contributed by atoms with Crippen LogP contribution in [0.1, 0.15) is 25.5 Å². The van der Waals surface area contributed by atoms with Crippen LogP contribution >= 0.6 is 15.9 Å². The lowest BCUT2D eigenvalue weighted by Crippen LogP contribution is -2.47. The fourth-order valence-corrected chi connectivity index (χ4v) is 3.12. The second kappa shape index (κ2) is 7.12. The molecule has 0 saturated heterocycles. The monoisotopic (exact) mass is 398 g/mol. The number of ether oxygens (including phenoxy) is 2. The number of hydrogen-bond donors (Lipinski definition) is 3. The van der Waals surface area contributed by atoms with Crippen molar-refractivity contribution in [1.82, 2.24) is 10.6 Å². The Morgan fingerprint density at radius 1 is 1.33 bits per heavy atom. The van der Waals surface area contributed by atoms with E-state index < -0.39 is 18.0 Å². The van der Waals surface area contributed by atoms with Crippen LogP contribution in [0.15, 0.2) is 27.9 Å². The normalized spacial score (nSPS) is 17.4. The van der Waals surface area contributed by atoms with Gasteiger partial charge in [0.2, 0.25) is 0 Å². The van der Waals surface area contributed by atoms with Crippen molar-refractivity contribution in [1.29, 1.82) is 0 Å². The molecule has 2 amide bonds. The van der Waals surface area contributed by atoms with E-state index in [0.717, 1.165) is 0 Å². The Labute approximate surface area is 148 Å². The maximum Gasteiger partial charge on any atom is 0.337 e. The first-order chi connectivity index (χ1) is 11.3. The number of phenols is 1. The Balaban J connectivity index is 2.66. The third-order valence-corrected chi connectivity index (χ3v) is 4.56. The minimum absolute atomic E-state index is 0.0988. The highest BCUT2D eigenvalue weighted by Gasteiger charge is 2.36. The van der Waals surface area contributed by atoms with Gasteiger partial charge in [0.05, 0.1) is 30.3 Å². The van der Waals surface area contributed by atoms with Crippen molar-refractivity contribution >= 4 is 27.9 Å². The highest BCUT2D eigenvalue weighted by molar-refractivity contribution is 9.10. The maximum absolute atomic E-state index is 12.3. The minimum Gasteiger partial charge on any atom is -0.503 e. The van der Waals surface area contributed by atoms with E-state index in [1.807, 2.05) is 13.8 Å². The smallest absolute Gasteiger partial charge is 0.337 e. The topological polar surface area (TPSA) is 96.9 Å². The molecule has 3 N–H and O–H groups in total. The number of rotatable bonds is 4. The van der Waals surface area contributed by atoms with Gasteiger partial charge in [-0.25, -0.2) is 9.59 Å². The lowest BCUT2D eigenvalue weighted by atomic mass is 9.91. The van der Waals surface area contributed by atoms with Crippen molar-refractivity contribution in [3.8, 4) is 11.5 Å². The molecule has 0 bridgehead atoms. The molecule has 0 fully saturated rings. The summed E-state index contributed by atoms with van der Waals surface area (Å²) in [6.07, 6.45) is 0. The highest BCUT2D eigenvalue weighted by atomic mass is 79.9. The zero-order valence-electron chi connectivity index (χ0n) is 13.8. The van der Waals surface area contributed by atoms with Gasteiger partial charge in [-0.15, -0.1) is 0 Å². The Morgan fingerprint density at radius 2 is 2.00 bits per heavy atom. The van der Waals surface area contributed by atoms with Crippen molar-refractivity contribution in [3.63, 3.8) is 0 Å². The number of amides is 2. The van der Waals surface area contributed by atoms with Gasteiger partial charge in [-0.3, -0.25) is 0 Å². The van der Waals surface area contributed by atoms with Crippen LogP contribution in [0.5, 0.6) is 11.5 Å². The summed E-state index contributed by atoms with van der Waals surface area (Å²) in [7, 11) is 2.71. The summed E-state index contributed by atoms with van der Waals surface area (Å²) < 4.78 is 10.3. The SMILES string of the molecule is COC(=O)C1=C(C(C)C)NC(=O)NC1c1ccc(OC)c(O)c1Br. The number of methoxy groups -OCH3 is 2. The largest absolute Gasteiger partial charge is 0.503 e. The van der Waals surface area contributed by atoms with Crippen LogP contribution in [0.2, 0.25) is 0 Å². The van der Waals surface area contributed by atoms with Crippen molar-refractivity contribution in [2.75, 3.05) is 14.2 Å². The van der Waals surface area contributed by atoms with Gasteiger partial charge < -0.3 is 25.2 Å². The Kier molecular flexibility index (Phi) is 5.38. The predicted octanol–water partition coefficient (Wildman–Crippen LogP) is 2.60. The maximum atomic E-state index is 12.3. The van der Waals surface area contributed by atoms with Gasteiger partial charge in [0.25, 0.3) is 0 Å². The summed E-state index contributed by atoms with van der Waals surface area (Å²) in [4.78, 5) is 24.3. The van der Waals surface area contributed by atoms with E-state index in [1.54, 1.807) is 12.1 Å². The average molecular weight is 399 g/mol. The van der Waals surface area contributed by atoms with E-state index in [9.17, 15) is 14.7 Å². The molecule has 1 heterocycles. The molecular formula is C16H19BrN2O5. The van der Waals surface area contributed by atoms with Gasteiger partial charge >= 0.3 is 12.0 Å². The first-order valence-electron chi connectivity index (χ1n) is 7.27. The fourth-order valence-electron chi connectivity index (χ4n) is 2.56. The van der Waals surface area contributed by atoms with E-state index in [1.165, 1.54) is 14.2 Å². The van der Waals surface area contributed by atoms with Gasteiger partial charge in [-0.2, -0.15) is 0 Å². The average Bonchev–Trinajstić information content (AvgIpc) is 2.55. The minimum atomic E-state index is -0.769. The number of esters is 1. The zero-order valence-corrected chi connectivity index (χ0v) is 15.4. The molecule has 7 nitrogen and oxygen atoms in total. The summed E-state index contributed by atoms with van der Waals surface area (Å²) in [5.41, 5.74) is 1.29. The van der Waals surface area contributed by atoms with Crippen molar-refractivity contribution in [2.24, 2.45) is 5.92 Å². The third-order valence-electron chi connectivity index (χ3n) is 3.73. The Morgan fingerprint density at radius 3 is 2.54 bits per heavy atom. The molecule has 0 saturated carbocycles. The van der Waals surface area contributed by atoms with Crippen LogP contribution in [-0.4, -0.2) is 31.3 Å². The van der Waals surface area contributed by atoms with E-state index in [4.69, 9.17) is 9.47 Å². The van der Waals surface area contributed by atoms with Gasteiger partial charge in [0.1, 0.15) is 0 Å². The molecule has 130 valence electrons. The lowest BCUT2D eigenvalue weighted by Gasteiger charge is -2.31. The molecule has 0 aromatic heterocycles. The summed E-state index contributed by atoms with van der Waals surface area (Å²) >= 11 is 3.31. The standard InChI is InChI=1S/C16H19BrN2O5/c1-7(2)12-10(15(21)24-4)13(19-16(22)18-12)8-5-6-9(23-3)14(20)11(8)17/h5-7,13,20H,1-4H3,(H2,18,19,22). The number of nitrogens with one attached hydrogen (secondary N) is 2. The first kappa shape index (κ1) is 18.1. The van der Waals surface area contributed by atoms with Gasteiger partial charge in [-0.1, -0.05) is 19.9 Å². The zero-order chi connectivity index (χ0) is 18.0. The molecule has 1 aromatic rings. The number of hydrogen-bond acceptors (Lipinski definition) is 5. The quantitative estimate of drug-likeness (QED) is 0.677. The summed E-state index contributed by atoms with van der Waals surface area (Å²) in [6.45, 7) is 3.73. The second-order valence-corrected chi connectivity index (χ2v) is 6.32. The molecule has 0 spiro atoms. The second-order valence-electron chi connectivity index (χ2n) is 5.52. The molecule has 8 heteroatoms. The molecule has 1 atom stereocenters. The van der Waals surface area contributed by atoms with E-state index in [0.29, 0.717) is 15.7 Å². The van der Waals surface area contributed by atoms with Crippen LogP contribution in [0.4, 0.5) is 4.79 Å². The Hall–Kier alpha value is -2.22. The summed E-state index contributed by atoms with van der Waals surface area (Å²) in [5, 5.41) is 15.6. The molecular weight excluding hydrogens is 380 g/mol. The number of phenolic OH excluding ortho intramolecular Hbond substituents is 1. The molecule has 0 radical (unpaired) electrons. The van der Waals surface area contributed by atoms with Gasteiger partial charge in [-0.05, 0) is 33.5 Å². The van der Waals surface area contributed by atoms with Crippen LogP contribution in [0.25, 0.3) is 0 Å². The van der Waals surface area contributed by atoms with Crippen molar-refractivity contribution in [3.05, 3.63) is 33.4 Å². The van der Waals surface area contributed by atoms with Crippen LogP contribution < -0.4 is 15.4 Å². The number of carbonyl (C=O) groups is 2. The molecule has 1 aliphatic heterocycles. The predicted molar refractivity (Wildman–Crippen MR) is 90.6 cm³/mol.